The summed E-state index contributed by atoms with van der Waals surface area (Å²) >= 11 is 5.97. The minimum Gasteiger partial charge on any atom is -0.471 e. The van der Waals surface area contributed by atoms with Gasteiger partial charge in [-0.15, -0.1) is 0 Å². The summed E-state index contributed by atoms with van der Waals surface area (Å²) in [5, 5.41) is 1.49. The topological polar surface area (TPSA) is 71.8 Å². The van der Waals surface area contributed by atoms with Crippen LogP contribution in [0.15, 0.2) is 24.3 Å². The number of hydrogen-bond donors (Lipinski definition) is 0. The Labute approximate surface area is 173 Å². The van der Waals surface area contributed by atoms with Crippen molar-refractivity contribution in [1.82, 2.24) is 9.55 Å². The molecule has 0 N–H and O–H groups in total. The van der Waals surface area contributed by atoms with Crippen LogP contribution >= 0.6 is 19.4 Å². The fourth-order valence-corrected chi connectivity index (χ4v) is 5.04. The van der Waals surface area contributed by atoms with Crippen LogP contribution in [-0.2, 0) is 28.8 Å². The molecule has 1 aromatic carbocycles. The quantitative estimate of drug-likeness (QED) is 0.484. The van der Waals surface area contributed by atoms with Gasteiger partial charge in [0.25, 0.3) is 5.88 Å². The molecule has 0 fully saturated rings. The van der Waals surface area contributed by atoms with Crippen molar-refractivity contribution in [3.8, 4) is 17.5 Å². The van der Waals surface area contributed by atoms with Crippen LogP contribution in [-0.4, -0.2) is 9.55 Å². The molecule has 0 spiro atoms. The maximum absolute atomic E-state index is 12.8. The lowest BCUT2D eigenvalue weighted by Gasteiger charge is -2.17. The molecular formula is C20H20ClN2O5P. The highest BCUT2D eigenvalue weighted by Crippen LogP contribution is 2.63. The van der Waals surface area contributed by atoms with Gasteiger partial charge in [-0.3, -0.25) is 4.52 Å². The van der Waals surface area contributed by atoms with Crippen LogP contribution in [0.4, 0.5) is 0 Å². The van der Waals surface area contributed by atoms with Gasteiger partial charge in [0, 0.05) is 17.3 Å². The highest BCUT2D eigenvalue weighted by Gasteiger charge is 2.45. The van der Waals surface area contributed by atoms with Crippen LogP contribution in [0.1, 0.15) is 30.7 Å². The normalized spacial score (nSPS) is 19.5. The molecule has 1 atom stereocenters. The Kier molecular flexibility index (Phi) is 4.32. The van der Waals surface area contributed by atoms with Gasteiger partial charge in [-0.25, -0.2) is 4.57 Å². The highest BCUT2D eigenvalue weighted by molar-refractivity contribution is 7.49. The molecule has 3 aromatic rings. The van der Waals surface area contributed by atoms with Gasteiger partial charge in [0.05, 0.1) is 5.39 Å². The zero-order valence-electron chi connectivity index (χ0n) is 16.3. The van der Waals surface area contributed by atoms with E-state index in [0.29, 0.717) is 29.2 Å². The minimum atomic E-state index is -3.71. The smallest absolute Gasteiger partial charge is 0.471 e. The van der Waals surface area contributed by atoms with Gasteiger partial charge in [-0.1, -0.05) is 37.6 Å². The monoisotopic (exact) mass is 434 g/mol. The summed E-state index contributed by atoms with van der Waals surface area (Å²) in [5.41, 5.74) is 3.69. The van der Waals surface area contributed by atoms with Gasteiger partial charge >= 0.3 is 7.82 Å². The van der Waals surface area contributed by atoms with Gasteiger partial charge in [0.1, 0.15) is 18.7 Å². The van der Waals surface area contributed by atoms with Crippen LogP contribution in [0.2, 0.25) is 5.02 Å². The first-order valence-electron chi connectivity index (χ1n) is 9.41. The molecule has 2 aliphatic rings. The molecule has 4 heterocycles. The van der Waals surface area contributed by atoms with Gasteiger partial charge in [0.2, 0.25) is 11.6 Å². The first-order chi connectivity index (χ1) is 13.8. The number of ether oxygens (including phenoxy) is 1. The average molecular weight is 435 g/mol. The lowest BCUT2D eigenvalue weighted by atomic mass is 10.1. The number of fused-ring (bicyclic) bond motifs is 2. The Hall–Kier alpha value is -2.21. The van der Waals surface area contributed by atoms with Crippen LogP contribution in [0.3, 0.4) is 0 Å². The summed E-state index contributed by atoms with van der Waals surface area (Å²) in [6, 6.07) is 7.44. The van der Waals surface area contributed by atoms with Crippen molar-refractivity contribution in [2.45, 2.75) is 40.5 Å². The van der Waals surface area contributed by atoms with E-state index < -0.39 is 7.82 Å². The third-order valence-corrected chi connectivity index (χ3v) is 6.56. The molecule has 2 aromatic heterocycles. The number of halogens is 1. The highest BCUT2D eigenvalue weighted by atomic mass is 35.5. The molecule has 152 valence electrons. The van der Waals surface area contributed by atoms with E-state index in [2.05, 4.69) is 23.4 Å². The summed E-state index contributed by atoms with van der Waals surface area (Å²) in [5.74, 6) is 1.31. The number of rotatable bonds is 5. The van der Waals surface area contributed by atoms with Crippen molar-refractivity contribution < 1.29 is 22.9 Å². The van der Waals surface area contributed by atoms with E-state index in [0.717, 1.165) is 34.3 Å². The van der Waals surface area contributed by atoms with E-state index in [1.54, 1.807) is 0 Å². The first-order valence-corrected chi connectivity index (χ1v) is 11.2. The summed E-state index contributed by atoms with van der Waals surface area (Å²) in [4.78, 5) is 4.50. The van der Waals surface area contributed by atoms with E-state index in [1.165, 1.54) is 0 Å². The lowest BCUT2D eigenvalue weighted by Crippen LogP contribution is -2.12. The molecule has 4 bridgehead atoms. The molecule has 5 rings (SSSR count). The van der Waals surface area contributed by atoms with Crippen molar-refractivity contribution >= 4 is 30.3 Å². The Morgan fingerprint density at radius 3 is 2.76 bits per heavy atom. The fourth-order valence-electron chi connectivity index (χ4n) is 3.76. The molecule has 2 aliphatic heterocycles. The molecule has 0 radical (unpaired) electrons. The first kappa shape index (κ1) is 18.8. The van der Waals surface area contributed by atoms with Gasteiger partial charge < -0.3 is 18.4 Å². The summed E-state index contributed by atoms with van der Waals surface area (Å²) in [7, 11) is -3.71. The van der Waals surface area contributed by atoms with Gasteiger partial charge in [-0.2, -0.15) is 4.98 Å². The van der Waals surface area contributed by atoms with Gasteiger partial charge in [-0.05, 0) is 36.1 Å². The molecule has 0 amide bonds. The number of pyridine rings is 1. The number of aromatic nitrogens is 2. The second-order valence-electron chi connectivity index (χ2n) is 7.67. The van der Waals surface area contributed by atoms with Crippen LogP contribution < -0.4 is 13.8 Å². The van der Waals surface area contributed by atoms with Gasteiger partial charge in [0.15, 0.2) is 0 Å². The van der Waals surface area contributed by atoms with E-state index in [1.807, 2.05) is 31.2 Å². The maximum atomic E-state index is 12.8. The Bertz CT molecular complexity index is 1170. The molecule has 9 heteroatoms. The fraction of sp³-hybridized carbons (Fsp3) is 0.350. The van der Waals surface area contributed by atoms with Crippen LogP contribution in [0.25, 0.3) is 10.9 Å². The Morgan fingerprint density at radius 1 is 1.28 bits per heavy atom. The van der Waals surface area contributed by atoms with E-state index in [9.17, 15) is 4.57 Å². The molecule has 29 heavy (non-hydrogen) atoms. The number of benzene rings is 1. The standard InChI is InChI=1S/C20H20ClN2O5P/c1-11(2)8-23-15-10-26-29(24)27-18-16(12(15)3)17(23)19(22-20(18)28-29)25-9-13-4-6-14(21)7-5-13/h4-7,11H,8-10H2,1-3H3. The lowest BCUT2D eigenvalue weighted by molar-refractivity contribution is 0.210. The Balaban J connectivity index is 1.67. The second kappa shape index (κ2) is 6.66. The number of hydrogen-bond acceptors (Lipinski definition) is 6. The molecular weight excluding hydrogens is 415 g/mol. The third kappa shape index (κ3) is 3.08. The zero-order valence-corrected chi connectivity index (χ0v) is 17.9. The van der Waals surface area contributed by atoms with E-state index >= 15 is 0 Å². The zero-order chi connectivity index (χ0) is 20.3. The van der Waals surface area contributed by atoms with Crippen molar-refractivity contribution in [3.05, 3.63) is 46.1 Å². The number of phosphoric acid groups is 1. The predicted octanol–water partition coefficient (Wildman–Crippen LogP) is 5.64. The molecule has 0 saturated heterocycles. The largest absolute Gasteiger partial charge is 0.589 e. The summed E-state index contributed by atoms with van der Waals surface area (Å²) < 4.78 is 37.6. The Morgan fingerprint density at radius 2 is 2.03 bits per heavy atom. The van der Waals surface area contributed by atoms with Crippen molar-refractivity contribution in [3.63, 3.8) is 0 Å². The van der Waals surface area contributed by atoms with Crippen LogP contribution in [0.5, 0.6) is 17.5 Å². The molecule has 0 aliphatic carbocycles. The van der Waals surface area contributed by atoms with Crippen molar-refractivity contribution in [2.24, 2.45) is 5.92 Å². The summed E-state index contributed by atoms with van der Waals surface area (Å²) in [6.07, 6.45) is 0. The molecule has 7 nitrogen and oxygen atoms in total. The van der Waals surface area contributed by atoms with Crippen LogP contribution in [0, 0.1) is 12.8 Å². The number of phosphoric ester groups is 1. The molecule has 1 unspecified atom stereocenters. The number of aryl methyl sites for hydroxylation is 1. The van der Waals surface area contributed by atoms with Crippen molar-refractivity contribution in [2.75, 3.05) is 0 Å². The maximum Gasteiger partial charge on any atom is 0.589 e. The SMILES string of the molecule is Cc1c2n(CC(C)C)c3c(OCc4ccc(Cl)cc4)nc4c(c13)OP(=O)(OC2)O4. The average Bonchev–Trinajstić information content (AvgIpc) is 3.14. The minimum absolute atomic E-state index is 0.133. The summed E-state index contributed by atoms with van der Waals surface area (Å²) in [6.45, 7) is 7.46. The predicted molar refractivity (Wildman–Crippen MR) is 109 cm³/mol. The van der Waals surface area contributed by atoms with Crippen molar-refractivity contribution in [1.29, 1.82) is 0 Å². The van der Waals surface area contributed by atoms with E-state index in [-0.39, 0.29) is 12.5 Å². The third-order valence-electron chi connectivity index (χ3n) is 5.06. The molecule has 0 saturated carbocycles. The second-order valence-corrected chi connectivity index (χ2v) is 9.62. The van der Waals surface area contributed by atoms with E-state index in [4.69, 9.17) is 29.9 Å². The number of nitrogens with zero attached hydrogens (tertiary/aromatic N) is 2.